The molecule has 1 heteroatoms. The zero-order valence-corrected chi connectivity index (χ0v) is 8.53. The van der Waals surface area contributed by atoms with Gasteiger partial charge in [-0.1, -0.05) is 29.8 Å². The molecule has 0 aliphatic heterocycles. The Morgan fingerprint density at radius 3 is 2.79 bits per heavy atom. The van der Waals surface area contributed by atoms with Gasteiger partial charge >= 0.3 is 0 Å². The van der Waals surface area contributed by atoms with Crippen LogP contribution in [0, 0.1) is 18.3 Å². The first-order valence-corrected chi connectivity index (χ1v) is 5.46. The van der Waals surface area contributed by atoms with Crippen LogP contribution in [0.5, 0.6) is 0 Å². The summed E-state index contributed by atoms with van der Waals surface area (Å²) in [6, 6.07) is 8.27. The van der Waals surface area contributed by atoms with Gasteiger partial charge in [0, 0.05) is 0 Å². The maximum Gasteiger partial charge on any atom is 0.0823 e. The van der Waals surface area contributed by atoms with Crippen molar-refractivity contribution in [2.24, 2.45) is 11.3 Å². The van der Waals surface area contributed by atoms with E-state index in [2.05, 4.69) is 19.1 Å². The number of hydrogen-bond acceptors (Lipinski definition) is 1. The largest absolute Gasteiger partial charge is 0.388 e. The molecule has 0 radical (unpaired) electrons. The van der Waals surface area contributed by atoms with Gasteiger partial charge in [-0.3, -0.25) is 0 Å². The van der Waals surface area contributed by atoms with Crippen LogP contribution in [-0.4, -0.2) is 5.11 Å². The molecule has 1 aromatic carbocycles. The van der Waals surface area contributed by atoms with Crippen LogP contribution < -0.4 is 0 Å². The summed E-state index contributed by atoms with van der Waals surface area (Å²) in [6.45, 7) is 2.08. The highest BCUT2D eigenvalue weighted by Gasteiger charge is 2.64. The summed E-state index contributed by atoms with van der Waals surface area (Å²) in [6.07, 6.45) is 3.74. The Morgan fingerprint density at radius 2 is 2.21 bits per heavy atom. The Labute approximate surface area is 84.8 Å². The van der Waals surface area contributed by atoms with E-state index in [0.29, 0.717) is 11.3 Å². The molecule has 0 heterocycles. The molecule has 2 fully saturated rings. The zero-order valence-electron chi connectivity index (χ0n) is 8.53. The molecular weight excluding hydrogens is 172 g/mol. The van der Waals surface area contributed by atoms with Crippen LogP contribution in [0.2, 0.25) is 0 Å². The van der Waals surface area contributed by atoms with Gasteiger partial charge in [-0.25, -0.2) is 0 Å². The lowest BCUT2D eigenvalue weighted by Crippen LogP contribution is -2.01. The van der Waals surface area contributed by atoms with E-state index in [1.165, 1.54) is 24.8 Å². The topological polar surface area (TPSA) is 20.2 Å². The minimum atomic E-state index is -0.211. The molecule has 2 unspecified atom stereocenters. The molecular formula is C13H16O. The van der Waals surface area contributed by atoms with Crippen molar-refractivity contribution >= 4 is 0 Å². The highest BCUT2D eigenvalue weighted by molar-refractivity contribution is 5.28. The quantitative estimate of drug-likeness (QED) is 0.756. The monoisotopic (exact) mass is 188 g/mol. The standard InChI is InChI=1S/C13H16O/c1-9-3-2-4-10(7-9)12(14)11-8-13(11)5-6-13/h2-4,7,11-12,14H,5-6,8H2,1H3. The van der Waals surface area contributed by atoms with Gasteiger partial charge in [-0.15, -0.1) is 0 Å². The lowest BCUT2D eigenvalue weighted by atomic mass is 10.0. The van der Waals surface area contributed by atoms with Crippen molar-refractivity contribution in [3.05, 3.63) is 35.4 Å². The van der Waals surface area contributed by atoms with Crippen molar-refractivity contribution in [2.75, 3.05) is 0 Å². The molecule has 74 valence electrons. The maximum atomic E-state index is 10.2. The number of hydrogen-bond donors (Lipinski definition) is 1. The number of benzene rings is 1. The van der Waals surface area contributed by atoms with Crippen LogP contribution in [0.15, 0.2) is 24.3 Å². The first-order chi connectivity index (χ1) is 6.71. The van der Waals surface area contributed by atoms with Crippen LogP contribution in [0.3, 0.4) is 0 Å². The van der Waals surface area contributed by atoms with Gasteiger partial charge in [0.05, 0.1) is 6.10 Å². The van der Waals surface area contributed by atoms with Gasteiger partial charge < -0.3 is 5.11 Å². The van der Waals surface area contributed by atoms with Crippen molar-refractivity contribution in [2.45, 2.75) is 32.3 Å². The summed E-state index contributed by atoms with van der Waals surface area (Å²) in [4.78, 5) is 0. The molecule has 2 aliphatic rings. The molecule has 2 atom stereocenters. The molecule has 14 heavy (non-hydrogen) atoms. The van der Waals surface area contributed by atoms with Crippen molar-refractivity contribution < 1.29 is 5.11 Å². The first-order valence-electron chi connectivity index (χ1n) is 5.46. The molecule has 3 rings (SSSR count). The summed E-state index contributed by atoms with van der Waals surface area (Å²) in [5, 5.41) is 10.2. The van der Waals surface area contributed by atoms with E-state index in [0.717, 1.165) is 5.56 Å². The van der Waals surface area contributed by atoms with Crippen LogP contribution in [0.1, 0.15) is 36.5 Å². The van der Waals surface area contributed by atoms with Gasteiger partial charge in [0.2, 0.25) is 0 Å². The average molecular weight is 188 g/mol. The Morgan fingerprint density at radius 1 is 1.43 bits per heavy atom. The third-order valence-electron chi connectivity index (χ3n) is 3.91. The summed E-state index contributed by atoms with van der Waals surface area (Å²) < 4.78 is 0. The van der Waals surface area contributed by atoms with E-state index in [-0.39, 0.29) is 6.10 Å². The average Bonchev–Trinajstić information content (AvgIpc) is 3.07. The summed E-state index contributed by atoms with van der Waals surface area (Å²) in [7, 11) is 0. The normalized spacial score (nSPS) is 28.9. The second kappa shape index (κ2) is 2.60. The fraction of sp³-hybridized carbons (Fsp3) is 0.538. The van der Waals surface area contributed by atoms with Gasteiger partial charge in [0.15, 0.2) is 0 Å². The van der Waals surface area contributed by atoms with Crippen LogP contribution in [-0.2, 0) is 0 Å². The second-order valence-electron chi connectivity index (χ2n) is 5.03. The van der Waals surface area contributed by atoms with E-state index >= 15 is 0 Å². The van der Waals surface area contributed by atoms with E-state index in [1.807, 2.05) is 12.1 Å². The molecule has 0 saturated heterocycles. The molecule has 2 saturated carbocycles. The van der Waals surface area contributed by atoms with Gasteiger partial charge in [-0.2, -0.15) is 0 Å². The Hall–Kier alpha value is -0.820. The highest BCUT2D eigenvalue weighted by Crippen LogP contribution is 2.73. The molecule has 1 aromatic rings. The maximum absolute atomic E-state index is 10.2. The van der Waals surface area contributed by atoms with E-state index in [1.54, 1.807) is 0 Å². The fourth-order valence-corrected chi connectivity index (χ4v) is 2.65. The fourth-order valence-electron chi connectivity index (χ4n) is 2.65. The van der Waals surface area contributed by atoms with Crippen molar-refractivity contribution in [1.82, 2.24) is 0 Å². The number of aliphatic hydroxyl groups is 1. The number of aliphatic hydroxyl groups excluding tert-OH is 1. The summed E-state index contributed by atoms with van der Waals surface area (Å²) in [5.74, 6) is 0.560. The van der Waals surface area contributed by atoms with Crippen LogP contribution >= 0.6 is 0 Å². The smallest absolute Gasteiger partial charge is 0.0823 e. The Bertz CT molecular complexity index is 365. The second-order valence-corrected chi connectivity index (χ2v) is 5.03. The zero-order chi connectivity index (χ0) is 9.76. The SMILES string of the molecule is Cc1cccc(C(O)C2CC23CC3)c1. The van der Waals surface area contributed by atoms with Gasteiger partial charge in [0.25, 0.3) is 0 Å². The van der Waals surface area contributed by atoms with Crippen molar-refractivity contribution in [3.8, 4) is 0 Å². The third kappa shape index (κ3) is 1.19. The Balaban J connectivity index is 1.81. The Kier molecular flexibility index (Phi) is 1.58. The van der Waals surface area contributed by atoms with Gasteiger partial charge in [0.1, 0.15) is 0 Å². The summed E-state index contributed by atoms with van der Waals surface area (Å²) >= 11 is 0. The molecule has 2 aliphatic carbocycles. The van der Waals surface area contributed by atoms with E-state index < -0.39 is 0 Å². The predicted octanol–water partition coefficient (Wildman–Crippen LogP) is 2.83. The third-order valence-corrected chi connectivity index (χ3v) is 3.91. The van der Waals surface area contributed by atoms with Crippen molar-refractivity contribution in [1.29, 1.82) is 0 Å². The lowest BCUT2D eigenvalue weighted by Gasteiger charge is -2.10. The van der Waals surface area contributed by atoms with Crippen LogP contribution in [0.4, 0.5) is 0 Å². The van der Waals surface area contributed by atoms with E-state index in [4.69, 9.17) is 0 Å². The number of rotatable bonds is 2. The molecule has 0 aromatic heterocycles. The minimum Gasteiger partial charge on any atom is -0.388 e. The molecule has 1 N–H and O–H groups in total. The number of aryl methyl sites for hydroxylation is 1. The van der Waals surface area contributed by atoms with Crippen molar-refractivity contribution in [3.63, 3.8) is 0 Å². The molecule has 1 nitrogen and oxygen atoms in total. The molecule has 1 spiro atoms. The lowest BCUT2D eigenvalue weighted by molar-refractivity contribution is 0.145. The van der Waals surface area contributed by atoms with Crippen LogP contribution in [0.25, 0.3) is 0 Å². The molecule has 0 bridgehead atoms. The van der Waals surface area contributed by atoms with Gasteiger partial charge in [-0.05, 0) is 43.1 Å². The summed E-state index contributed by atoms with van der Waals surface area (Å²) in [5.41, 5.74) is 2.94. The molecule has 0 amide bonds. The minimum absolute atomic E-state index is 0.211. The van der Waals surface area contributed by atoms with E-state index in [9.17, 15) is 5.11 Å². The predicted molar refractivity (Wildman–Crippen MR) is 55.9 cm³/mol. The highest BCUT2D eigenvalue weighted by atomic mass is 16.3. The first kappa shape index (κ1) is 8.49.